The highest BCUT2D eigenvalue weighted by atomic mass is 35.5. The van der Waals surface area contributed by atoms with Crippen molar-refractivity contribution in [1.82, 2.24) is 0 Å². The first kappa shape index (κ1) is 11.9. The zero-order valence-electron chi connectivity index (χ0n) is 5.31. The second-order valence-corrected chi connectivity index (χ2v) is 1.55. The van der Waals surface area contributed by atoms with Crippen LogP contribution >= 0.6 is 12.4 Å². The summed E-state index contributed by atoms with van der Waals surface area (Å²) >= 11 is 0. The van der Waals surface area contributed by atoms with Gasteiger partial charge in [-0.25, -0.2) is 4.79 Å². The lowest BCUT2D eigenvalue weighted by Crippen LogP contribution is -2.27. The van der Waals surface area contributed by atoms with E-state index >= 15 is 0 Å². The molecule has 5 nitrogen and oxygen atoms in total. The van der Waals surface area contributed by atoms with E-state index in [1.807, 2.05) is 0 Å². The van der Waals surface area contributed by atoms with Crippen LogP contribution in [-0.4, -0.2) is 22.0 Å². The van der Waals surface area contributed by atoms with Gasteiger partial charge in [-0.15, -0.1) is 12.4 Å². The average molecular weight is 170 g/mol. The van der Waals surface area contributed by atoms with Crippen LogP contribution in [0.2, 0.25) is 0 Å². The summed E-state index contributed by atoms with van der Waals surface area (Å²) in [7, 11) is 0. The second kappa shape index (κ2) is 4.99. The molecule has 0 radical (unpaired) electrons. The van der Waals surface area contributed by atoms with Gasteiger partial charge in [-0.2, -0.15) is 0 Å². The molecule has 10 heavy (non-hydrogen) atoms. The van der Waals surface area contributed by atoms with Gasteiger partial charge >= 0.3 is 12.0 Å². The zero-order valence-corrected chi connectivity index (χ0v) is 6.13. The molecule has 0 rings (SSSR count). The van der Waals surface area contributed by atoms with Crippen molar-refractivity contribution >= 4 is 18.4 Å². The van der Waals surface area contributed by atoms with E-state index in [9.17, 15) is 14.9 Å². The van der Waals surface area contributed by atoms with Gasteiger partial charge in [0.05, 0.1) is 0 Å². The fourth-order valence-electron chi connectivity index (χ4n) is 0.414. The summed E-state index contributed by atoms with van der Waals surface area (Å²) in [5.41, 5.74) is 0. The molecule has 0 aromatic rings. The predicted octanol–water partition coefficient (Wildman–Crippen LogP) is 0.548. The van der Waals surface area contributed by atoms with Crippen molar-refractivity contribution < 1.29 is 14.8 Å². The number of halogens is 1. The Balaban J connectivity index is 0. The van der Waals surface area contributed by atoms with E-state index in [1.165, 1.54) is 6.92 Å². The van der Waals surface area contributed by atoms with Gasteiger partial charge < -0.3 is 5.11 Å². The first-order valence-electron chi connectivity index (χ1n) is 2.46. The van der Waals surface area contributed by atoms with Gasteiger partial charge in [0.2, 0.25) is 0 Å². The van der Waals surface area contributed by atoms with Crippen LogP contribution in [0.15, 0.2) is 0 Å². The van der Waals surface area contributed by atoms with Crippen molar-refractivity contribution in [1.29, 1.82) is 0 Å². The van der Waals surface area contributed by atoms with E-state index in [0.717, 1.165) is 0 Å². The Labute approximate surface area is 63.6 Å². The van der Waals surface area contributed by atoms with E-state index in [-0.39, 0.29) is 18.8 Å². The van der Waals surface area contributed by atoms with Gasteiger partial charge in [-0.05, 0) is 0 Å². The lowest BCUT2D eigenvalue weighted by atomic mass is 10.2. The minimum atomic E-state index is -1.44. The fourth-order valence-corrected chi connectivity index (χ4v) is 0.414. The van der Waals surface area contributed by atoms with Gasteiger partial charge in [0.1, 0.15) is 0 Å². The van der Waals surface area contributed by atoms with Crippen molar-refractivity contribution in [2.45, 2.75) is 19.4 Å². The third-order valence-electron chi connectivity index (χ3n) is 0.926. The second-order valence-electron chi connectivity index (χ2n) is 1.55. The van der Waals surface area contributed by atoms with E-state index in [2.05, 4.69) is 0 Å². The highest BCUT2D eigenvalue weighted by Crippen LogP contribution is 1.94. The fraction of sp³-hybridized carbons (Fsp3) is 0.750. The Hall–Kier alpha value is -0.840. The molecule has 0 aliphatic rings. The van der Waals surface area contributed by atoms with Crippen LogP contribution in [0.5, 0.6) is 0 Å². The quantitative estimate of drug-likeness (QED) is 0.494. The number of nitrogens with zero attached hydrogens (tertiary/aromatic N) is 1. The van der Waals surface area contributed by atoms with Crippen molar-refractivity contribution in [3.63, 3.8) is 0 Å². The number of nitro groups is 1. The van der Waals surface area contributed by atoms with Crippen molar-refractivity contribution in [3.8, 4) is 0 Å². The van der Waals surface area contributed by atoms with Crippen molar-refractivity contribution in [3.05, 3.63) is 10.1 Å². The van der Waals surface area contributed by atoms with Crippen LogP contribution in [0.3, 0.4) is 0 Å². The summed E-state index contributed by atoms with van der Waals surface area (Å²) in [6.07, 6.45) is 0.0301. The molecule has 0 spiro atoms. The highest BCUT2D eigenvalue weighted by Gasteiger charge is 2.25. The molecular formula is C4H8ClNO4. The number of hydrogen-bond donors (Lipinski definition) is 1. The van der Waals surface area contributed by atoms with E-state index < -0.39 is 16.9 Å². The van der Waals surface area contributed by atoms with Gasteiger partial charge in [0, 0.05) is 11.3 Å². The van der Waals surface area contributed by atoms with Crippen LogP contribution in [-0.2, 0) is 4.79 Å². The average Bonchev–Trinajstić information content (AvgIpc) is 1.64. The van der Waals surface area contributed by atoms with Crippen LogP contribution < -0.4 is 0 Å². The van der Waals surface area contributed by atoms with E-state index in [4.69, 9.17) is 5.11 Å². The molecule has 0 aromatic carbocycles. The summed E-state index contributed by atoms with van der Waals surface area (Å²) in [4.78, 5) is 18.9. The number of carbonyl (C=O) groups is 1. The molecule has 1 atom stereocenters. The molecule has 0 amide bonds. The van der Waals surface area contributed by atoms with Crippen LogP contribution in [0.1, 0.15) is 13.3 Å². The molecule has 1 N–H and O–H groups in total. The molecule has 0 saturated heterocycles. The summed E-state index contributed by atoms with van der Waals surface area (Å²) in [6, 6.07) is -1.44. The van der Waals surface area contributed by atoms with Crippen LogP contribution in [0.25, 0.3) is 0 Å². The maximum Gasteiger partial charge on any atom is 0.379 e. The first-order valence-corrected chi connectivity index (χ1v) is 2.46. The smallest absolute Gasteiger partial charge is 0.379 e. The molecule has 0 aliphatic heterocycles. The maximum absolute atomic E-state index is 9.93. The monoisotopic (exact) mass is 169 g/mol. The third kappa shape index (κ3) is 3.24. The third-order valence-corrected chi connectivity index (χ3v) is 0.926. The zero-order chi connectivity index (χ0) is 7.44. The number of aliphatic carboxylic acids is 1. The molecule has 0 aliphatic carbocycles. The van der Waals surface area contributed by atoms with E-state index in [1.54, 1.807) is 0 Å². The summed E-state index contributed by atoms with van der Waals surface area (Å²) < 4.78 is 0. The lowest BCUT2D eigenvalue weighted by molar-refractivity contribution is -0.510. The molecule has 6 heteroatoms. The minimum Gasteiger partial charge on any atom is -0.476 e. The normalized spacial score (nSPS) is 11.3. The van der Waals surface area contributed by atoms with Gasteiger partial charge in [-0.1, -0.05) is 6.92 Å². The summed E-state index contributed by atoms with van der Waals surface area (Å²) in [5.74, 6) is -1.37. The SMILES string of the molecule is CCC(C(=O)O)[N+](=O)[O-].Cl. The van der Waals surface area contributed by atoms with Crippen molar-refractivity contribution in [2.75, 3.05) is 0 Å². The molecule has 0 heterocycles. The van der Waals surface area contributed by atoms with Crippen LogP contribution in [0.4, 0.5) is 0 Å². The van der Waals surface area contributed by atoms with Crippen molar-refractivity contribution in [2.24, 2.45) is 0 Å². The topological polar surface area (TPSA) is 80.4 Å². The number of carboxylic acids is 1. The van der Waals surface area contributed by atoms with Crippen LogP contribution in [0, 0.1) is 10.1 Å². The minimum absolute atomic E-state index is 0. The molecule has 0 saturated carbocycles. The van der Waals surface area contributed by atoms with Gasteiger partial charge in [-0.3, -0.25) is 10.1 Å². The Kier molecular flexibility index (Phi) is 5.93. The molecule has 0 bridgehead atoms. The standard InChI is InChI=1S/C4H7NO4.ClH/c1-2-3(4(6)7)5(8)9;/h3H,2H2,1H3,(H,6,7);1H. The number of carboxylic acid groups (broad SMARTS) is 1. The van der Waals surface area contributed by atoms with E-state index in [0.29, 0.717) is 0 Å². The number of hydrogen-bond acceptors (Lipinski definition) is 3. The highest BCUT2D eigenvalue weighted by molar-refractivity contribution is 5.85. The molecule has 0 aromatic heterocycles. The Morgan fingerprint density at radius 3 is 2.20 bits per heavy atom. The molecular weight excluding hydrogens is 162 g/mol. The van der Waals surface area contributed by atoms with Gasteiger partial charge in [0.25, 0.3) is 0 Å². The summed E-state index contributed by atoms with van der Waals surface area (Å²) in [6.45, 7) is 1.46. The summed E-state index contributed by atoms with van der Waals surface area (Å²) in [5, 5.41) is 17.9. The number of rotatable bonds is 3. The Bertz CT molecular complexity index is 123. The molecule has 0 fully saturated rings. The Morgan fingerprint density at radius 2 is 2.20 bits per heavy atom. The lowest BCUT2D eigenvalue weighted by Gasteiger charge is -1.97. The Morgan fingerprint density at radius 1 is 1.80 bits per heavy atom. The molecule has 1 unspecified atom stereocenters. The maximum atomic E-state index is 9.93. The first-order chi connectivity index (χ1) is 4.09. The predicted molar refractivity (Wildman–Crippen MR) is 36.0 cm³/mol. The largest absolute Gasteiger partial charge is 0.476 e. The van der Waals surface area contributed by atoms with Gasteiger partial charge in [0.15, 0.2) is 0 Å². The molecule has 60 valence electrons.